The molecule has 4 amide bonds. The number of halogens is 2. The summed E-state index contributed by atoms with van der Waals surface area (Å²) in [6.07, 6.45) is 1.19. The molecule has 55 heavy (non-hydrogen) atoms. The monoisotopic (exact) mass is 807 g/mol. The molecule has 0 bridgehead atoms. The fourth-order valence-electron chi connectivity index (χ4n) is 7.60. The van der Waals surface area contributed by atoms with Gasteiger partial charge in [0.05, 0.1) is 16.7 Å². The number of Topliss-reactive ketones (excluding diaryl/α,β-unsaturated/α-hetero) is 1. The third-order valence-corrected chi connectivity index (χ3v) is 12.7. The van der Waals surface area contributed by atoms with E-state index < -0.39 is 80.4 Å². The lowest BCUT2D eigenvalue weighted by Crippen LogP contribution is -2.47. The zero-order chi connectivity index (χ0) is 40.0. The normalized spacial score (nSPS) is 26.3. The van der Waals surface area contributed by atoms with Crippen LogP contribution in [0.4, 0.5) is 14.0 Å². The molecule has 6 rings (SSSR count). The highest BCUT2D eigenvalue weighted by Gasteiger charge is 2.50. The van der Waals surface area contributed by atoms with Gasteiger partial charge in [0.2, 0.25) is 10.0 Å². The molecule has 1 aromatic carbocycles. The van der Waals surface area contributed by atoms with Crippen molar-refractivity contribution in [1.29, 1.82) is 0 Å². The second kappa shape index (κ2) is 15.7. The highest BCUT2D eigenvalue weighted by Crippen LogP contribution is 2.42. The Balaban J connectivity index is 1.37. The van der Waals surface area contributed by atoms with Crippen LogP contribution in [0.5, 0.6) is 0 Å². The predicted octanol–water partition coefficient (Wildman–Crippen LogP) is 4.47. The summed E-state index contributed by atoms with van der Waals surface area (Å²) in [5.41, 5.74) is -0.0464. The molecule has 0 aromatic heterocycles. The van der Waals surface area contributed by atoms with E-state index in [1.807, 2.05) is 9.62 Å². The van der Waals surface area contributed by atoms with E-state index in [2.05, 4.69) is 5.32 Å². The van der Waals surface area contributed by atoms with E-state index in [0.29, 0.717) is 56.3 Å². The number of hydrogen-bond donors (Lipinski definition) is 3. The fraction of sp³-hybridized carbons (Fsp3) is 0.611. The molecule has 1 saturated carbocycles. The number of imide groups is 1. The minimum Gasteiger partial charge on any atom is -0.465 e. The van der Waals surface area contributed by atoms with Gasteiger partial charge in [-0.25, -0.2) is 27.3 Å². The first-order valence-corrected chi connectivity index (χ1v) is 20.4. The lowest BCUT2D eigenvalue weighted by atomic mass is 9.92. The van der Waals surface area contributed by atoms with Crippen molar-refractivity contribution in [1.82, 2.24) is 19.8 Å². The molecule has 2 fully saturated rings. The van der Waals surface area contributed by atoms with Crippen LogP contribution < -0.4 is 10.0 Å². The van der Waals surface area contributed by atoms with Crippen molar-refractivity contribution in [2.45, 2.75) is 114 Å². The van der Waals surface area contributed by atoms with Gasteiger partial charge in [-0.05, 0) is 71.4 Å². The van der Waals surface area contributed by atoms with Crippen molar-refractivity contribution in [3.63, 3.8) is 0 Å². The van der Waals surface area contributed by atoms with Crippen LogP contribution in [0.1, 0.15) is 112 Å². The van der Waals surface area contributed by atoms with Crippen LogP contribution in [0, 0.1) is 16.6 Å². The number of ether oxygens (including phenoxy) is 1. The number of sulfonamides is 1. The minimum atomic E-state index is -4.14. The summed E-state index contributed by atoms with van der Waals surface area (Å²) in [5.74, 6) is -5.02. The second-order valence-corrected chi connectivity index (χ2v) is 17.9. The largest absolute Gasteiger partial charge is 0.465 e. The first-order chi connectivity index (χ1) is 25.9. The SMILES string of the molecule is CC(C)(C)OC(=O)N[C@@H]1CC(C(=O)CCl)CCC2=C(C2)N=C[C@@H]2CCCN2[C@@H](c2ccc3c(c2F)C(=O)N(C(=O)O)[C@H]3C(=O)NS(=O)(=O)C2CC2)CC[N+]1=O. The molecule has 5 atom stereocenters. The number of hydrogen-bond acceptors (Lipinski definition) is 11. The lowest BCUT2D eigenvalue weighted by Gasteiger charge is -2.32. The molecule has 2 aliphatic carbocycles. The Labute approximate surface area is 322 Å². The van der Waals surface area contributed by atoms with Crippen LogP contribution >= 0.6 is 11.6 Å². The molecule has 298 valence electrons. The van der Waals surface area contributed by atoms with Crippen LogP contribution in [0.3, 0.4) is 0 Å². The van der Waals surface area contributed by atoms with Crippen molar-refractivity contribution in [3.05, 3.63) is 50.8 Å². The van der Waals surface area contributed by atoms with Gasteiger partial charge in [-0.3, -0.25) is 34.3 Å². The van der Waals surface area contributed by atoms with Crippen LogP contribution in [-0.2, 0) is 24.3 Å². The van der Waals surface area contributed by atoms with Crippen molar-refractivity contribution in [2.24, 2.45) is 10.9 Å². The molecule has 3 N–H and O–H groups in total. The molecule has 1 aromatic rings. The molecule has 16 nitrogen and oxygen atoms in total. The number of allylic oxidation sites excluding steroid dienone is 2. The average Bonchev–Trinajstić information content (AvgIpc) is 4.02. The number of aliphatic imine (C=N–C) groups is 1. The van der Waals surface area contributed by atoms with Crippen molar-refractivity contribution in [3.8, 4) is 0 Å². The maximum Gasteiger partial charge on any atom is 0.415 e. The number of amides is 4. The summed E-state index contributed by atoms with van der Waals surface area (Å²) in [4.78, 5) is 85.9. The topological polar surface area (TPSA) is 212 Å². The minimum absolute atomic E-state index is 0.0553. The number of alkyl halides is 1. The Hall–Kier alpha value is -4.29. The summed E-state index contributed by atoms with van der Waals surface area (Å²) in [7, 11) is -4.14. The zero-order valence-electron chi connectivity index (χ0n) is 30.8. The molecule has 0 radical (unpaired) electrons. The third kappa shape index (κ3) is 8.91. The van der Waals surface area contributed by atoms with Gasteiger partial charge in [0.1, 0.15) is 17.5 Å². The van der Waals surface area contributed by atoms with E-state index in [0.717, 1.165) is 11.3 Å². The molecule has 5 aliphatic rings. The van der Waals surface area contributed by atoms with Gasteiger partial charge in [0.25, 0.3) is 18.0 Å². The number of carbonyl (C=O) groups is 5. The van der Waals surface area contributed by atoms with Crippen molar-refractivity contribution < 1.29 is 51.4 Å². The molecule has 3 heterocycles. The number of rotatable bonds is 7. The first-order valence-electron chi connectivity index (χ1n) is 18.4. The number of carboxylic acid groups (broad SMARTS) is 1. The number of benzene rings is 1. The summed E-state index contributed by atoms with van der Waals surface area (Å²) in [6.45, 7) is 5.14. The number of alkyl carbamates (subject to hydrolysis) is 1. The fourth-order valence-corrected chi connectivity index (χ4v) is 9.13. The third-order valence-electron chi connectivity index (χ3n) is 10.6. The Morgan fingerprint density at radius 2 is 1.82 bits per heavy atom. The Bertz CT molecular complexity index is 1980. The maximum atomic E-state index is 16.9. The molecule has 0 spiro atoms. The zero-order valence-corrected chi connectivity index (χ0v) is 32.3. The number of ketones is 1. The van der Waals surface area contributed by atoms with Gasteiger partial charge in [-0.15, -0.1) is 11.6 Å². The van der Waals surface area contributed by atoms with E-state index in [-0.39, 0.29) is 53.1 Å². The molecular weight excluding hydrogens is 763 g/mol. The average molecular weight is 808 g/mol. The van der Waals surface area contributed by atoms with Gasteiger partial charge in [-0.2, -0.15) is 0 Å². The molecule has 1 unspecified atom stereocenters. The van der Waals surface area contributed by atoms with Crippen LogP contribution in [0.25, 0.3) is 0 Å². The van der Waals surface area contributed by atoms with Crippen molar-refractivity contribution in [2.75, 3.05) is 19.0 Å². The molecule has 3 aliphatic heterocycles. The summed E-state index contributed by atoms with van der Waals surface area (Å²) >= 11 is 5.97. The number of carbonyl (C=O) groups excluding carboxylic acids is 4. The summed E-state index contributed by atoms with van der Waals surface area (Å²) < 4.78 is 50.0. The number of nitrogens with zero attached hydrogens (tertiary/aromatic N) is 4. The van der Waals surface area contributed by atoms with Crippen molar-refractivity contribution >= 4 is 57.6 Å². The van der Waals surface area contributed by atoms with E-state index in [1.54, 1.807) is 27.0 Å². The molecular formula is C36H45ClFN6O10S+. The Kier molecular flexibility index (Phi) is 11.5. The first kappa shape index (κ1) is 40.4. The van der Waals surface area contributed by atoms with Crippen LogP contribution in [0.2, 0.25) is 0 Å². The number of nitrogens with one attached hydrogen (secondary N) is 2. The smallest absolute Gasteiger partial charge is 0.415 e. The van der Waals surface area contributed by atoms with E-state index in [9.17, 15) is 42.4 Å². The van der Waals surface area contributed by atoms with Gasteiger partial charge >= 0.3 is 12.2 Å². The lowest BCUT2D eigenvalue weighted by molar-refractivity contribution is -0.593. The van der Waals surface area contributed by atoms with E-state index in [1.165, 1.54) is 12.1 Å². The Morgan fingerprint density at radius 1 is 1.11 bits per heavy atom. The second-order valence-electron chi connectivity index (χ2n) is 15.6. The van der Waals surface area contributed by atoms with E-state index in [4.69, 9.17) is 21.3 Å². The predicted molar refractivity (Wildman–Crippen MR) is 195 cm³/mol. The molecule has 1 saturated heterocycles. The van der Waals surface area contributed by atoms with Gasteiger partial charge in [-0.1, -0.05) is 12.1 Å². The van der Waals surface area contributed by atoms with E-state index >= 15 is 4.39 Å². The highest BCUT2D eigenvalue weighted by molar-refractivity contribution is 7.90. The Morgan fingerprint density at radius 3 is 2.47 bits per heavy atom. The number of fused-ring (bicyclic) bond motifs is 2. The van der Waals surface area contributed by atoms with Crippen LogP contribution in [0.15, 0.2) is 28.4 Å². The van der Waals surface area contributed by atoms with Gasteiger partial charge in [0, 0.05) is 70.0 Å². The molecule has 19 heteroatoms. The van der Waals surface area contributed by atoms with Crippen LogP contribution in [-0.4, -0.2) is 106 Å². The highest BCUT2D eigenvalue weighted by atomic mass is 35.5. The standard InChI is InChI=1S/C36H44ClFN6O10S/c1-36(2,3)54-34(48)40-28-16-20(27(45)17-37)7-6-19-15-25(19)39-18-21-5-4-13-42(21)26(12-14-43(28)51)23-10-11-24-29(30(23)38)33(47)44(35(49)50)31(24)32(46)41-55(52,53)22-8-9-22/h10-11,18,20-22,26,28,31H,4-9,12-17H2,1-3H3,(H2-,40,41,46,48,49,50)/p+1/t20?,21-,26+,28-,31+/m0/s1. The van der Waals surface area contributed by atoms with Gasteiger partial charge in [0.15, 0.2) is 12.3 Å². The quantitative estimate of drug-likeness (QED) is 0.258. The number of nitroso groups, excluding NO2 is 1. The summed E-state index contributed by atoms with van der Waals surface area (Å²) in [5, 5.41) is 11.7. The maximum absolute atomic E-state index is 16.9. The van der Waals surface area contributed by atoms with Gasteiger partial charge < -0.3 is 9.84 Å². The summed E-state index contributed by atoms with van der Waals surface area (Å²) in [6, 6.07) is -0.608.